The van der Waals surface area contributed by atoms with Crippen molar-refractivity contribution in [1.82, 2.24) is 9.88 Å². The van der Waals surface area contributed by atoms with E-state index in [2.05, 4.69) is 24.4 Å². The highest BCUT2D eigenvalue weighted by Crippen LogP contribution is 2.28. The van der Waals surface area contributed by atoms with Crippen LogP contribution in [0.3, 0.4) is 0 Å². The van der Waals surface area contributed by atoms with Crippen LogP contribution in [-0.2, 0) is 29.0 Å². The van der Waals surface area contributed by atoms with Crippen molar-refractivity contribution in [2.75, 3.05) is 6.54 Å². The first-order valence-electron chi connectivity index (χ1n) is 10.7. The summed E-state index contributed by atoms with van der Waals surface area (Å²) in [6.07, 6.45) is 6.38. The van der Waals surface area contributed by atoms with Crippen molar-refractivity contribution in [3.05, 3.63) is 80.7 Å². The highest BCUT2D eigenvalue weighted by molar-refractivity contribution is 6.30. The molecule has 172 valence electrons. The van der Waals surface area contributed by atoms with Gasteiger partial charge in [-0.05, 0) is 61.9 Å². The molecule has 1 aliphatic carbocycles. The number of rotatable bonds is 8. The molecule has 0 fully saturated rings. The number of hydrogen-bond acceptors (Lipinski definition) is 4. The fourth-order valence-electron chi connectivity index (χ4n) is 3.73. The molecule has 0 spiro atoms. The van der Waals surface area contributed by atoms with Crippen molar-refractivity contribution in [2.24, 2.45) is 0 Å². The molecule has 1 aliphatic rings. The Bertz CT molecular complexity index is 982. The minimum absolute atomic E-state index is 0.136. The van der Waals surface area contributed by atoms with Crippen molar-refractivity contribution < 1.29 is 19.8 Å². The molecule has 0 saturated carbocycles. The van der Waals surface area contributed by atoms with E-state index >= 15 is 0 Å². The van der Waals surface area contributed by atoms with E-state index in [0.29, 0.717) is 18.2 Å². The lowest BCUT2D eigenvalue weighted by Crippen LogP contribution is -2.32. The monoisotopic (exact) mass is 460 g/mol. The minimum Gasteiger partial charge on any atom is -0.478 e. The Morgan fingerprint density at radius 3 is 2.38 bits per heavy atom. The van der Waals surface area contributed by atoms with Crippen LogP contribution in [0.4, 0.5) is 0 Å². The lowest BCUT2D eigenvalue weighted by molar-refractivity contribution is -0.134. The summed E-state index contributed by atoms with van der Waals surface area (Å²) in [5, 5.41) is 20.1. The number of fused-ring (bicyclic) bond motifs is 1. The molecule has 1 unspecified atom stereocenters. The molecule has 0 saturated heterocycles. The molecule has 1 aromatic carbocycles. The van der Waals surface area contributed by atoms with Crippen LogP contribution in [0, 0.1) is 0 Å². The maximum Gasteiger partial charge on any atom is 0.328 e. The van der Waals surface area contributed by atoms with E-state index in [1.807, 2.05) is 22.8 Å². The summed E-state index contributed by atoms with van der Waals surface area (Å²) >= 11 is 5.93. The van der Waals surface area contributed by atoms with Gasteiger partial charge in [-0.15, -0.1) is 0 Å². The average Bonchev–Trinajstić information content (AvgIpc) is 2.76. The smallest absolute Gasteiger partial charge is 0.328 e. The topological polar surface area (TPSA) is 109 Å². The van der Waals surface area contributed by atoms with Gasteiger partial charge in [-0.1, -0.05) is 36.7 Å². The number of nitrogens with one attached hydrogen (secondary N) is 1. The van der Waals surface area contributed by atoms with Gasteiger partial charge in [-0.3, -0.25) is 4.79 Å². The zero-order chi connectivity index (χ0) is 23.5. The van der Waals surface area contributed by atoms with Gasteiger partial charge in [0.2, 0.25) is 0 Å². The van der Waals surface area contributed by atoms with E-state index in [9.17, 15) is 14.4 Å². The highest BCUT2D eigenvalue weighted by atomic mass is 35.5. The fourth-order valence-corrected chi connectivity index (χ4v) is 3.85. The predicted octanol–water partition coefficient (Wildman–Crippen LogP) is 3.83. The summed E-state index contributed by atoms with van der Waals surface area (Å²) in [5.74, 6) is -2.51. The zero-order valence-corrected chi connectivity index (χ0v) is 18.8. The molecule has 2 aromatic rings. The van der Waals surface area contributed by atoms with E-state index < -0.39 is 11.9 Å². The third kappa shape index (κ3) is 7.98. The Morgan fingerprint density at radius 1 is 1.12 bits per heavy atom. The van der Waals surface area contributed by atoms with Gasteiger partial charge in [0, 0.05) is 41.5 Å². The van der Waals surface area contributed by atoms with Gasteiger partial charge in [0.15, 0.2) is 0 Å². The van der Waals surface area contributed by atoms with E-state index in [4.69, 9.17) is 21.8 Å². The van der Waals surface area contributed by atoms with E-state index in [-0.39, 0.29) is 5.56 Å². The Kier molecular flexibility index (Phi) is 10.2. The molecule has 1 atom stereocenters. The summed E-state index contributed by atoms with van der Waals surface area (Å²) in [7, 11) is 0. The minimum atomic E-state index is -1.26. The maximum absolute atomic E-state index is 12.1. The number of hydrogen-bond donors (Lipinski definition) is 3. The Morgan fingerprint density at radius 2 is 1.78 bits per heavy atom. The van der Waals surface area contributed by atoms with Gasteiger partial charge < -0.3 is 20.1 Å². The van der Waals surface area contributed by atoms with Crippen molar-refractivity contribution in [3.8, 4) is 0 Å². The number of aromatic nitrogens is 1. The highest BCUT2D eigenvalue weighted by Gasteiger charge is 2.22. The molecule has 0 aliphatic heterocycles. The molecule has 7 nitrogen and oxygen atoms in total. The van der Waals surface area contributed by atoms with Crippen molar-refractivity contribution in [3.63, 3.8) is 0 Å². The predicted molar refractivity (Wildman–Crippen MR) is 124 cm³/mol. The van der Waals surface area contributed by atoms with Crippen LogP contribution in [0.5, 0.6) is 0 Å². The van der Waals surface area contributed by atoms with Gasteiger partial charge >= 0.3 is 11.9 Å². The molecule has 1 heterocycles. The van der Waals surface area contributed by atoms with Gasteiger partial charge in [0.25, 0.3) is 5.56 Å². The first kappa shape index (κ1) is 25.4. The van der Waals surface area contributed by atoms with Crippen LogP contribution in [-0.4, -0.2) is 33.3 Å². The van der Waals surface area contributed by atoms with E-state index in [1.54, 1.807) is 6.07 Å². The molecule has 0 bridgehead atoms. The summed E-state index contributed by atoms with van der Waals surface area (Å²) in [6.45, 7) is 3.87. The molecule has 8 heteroatoms. The number of halogens is 1. The first-order chi connectivity index (χ1) is 15.3. The standard InChI is InChI=1S/C20H25ClN2O.C4H4O4/c1-2-14-23-19-5-3-4-18(17(19)10-11-20(23)24)22-13-12-15-6-8-16(21)9-7-15;5-3(6)1-2-4(7)8/h6-11,18,22H,2-5,12-14H2,1H3;1-2H,(H,5,6)(H,7,8)/b;2-1+. The van der Waals surface area contributed by atoms with Crippen LogP contribution in [0.15, 0.2) is 53.3 Å². The average molecular weight is 461 g/mol. The van der Waals surface area contributed by atoms with Crippen molar-refractivity contribution in [2.45, 2.75) is 51.6 Å². The third-order valence-corrected chi connectivity index (χ3v) is 5.40. The number of aliphatic carboxylic acids is 2. The Balaban J connectivity index is 0.000000390. The molecular formula is C24H29ClN2O5. The molecule has 32 heavy (non-hydrogen) atoms. The van der Waals surface area contributed by atoms with Crippen molar-refractivity contribution in [1.29, 1.82) is 0 Å². The van der Waals surface area contributed by atoms with Gasteiger partial charge in [0.1, 0.15) is 0 Å². The second-order valence-electron chi connectivity index (χ2n) is 7.51. The van der Waals surface area contributed by atoms with Crippen LogP contribution in [0.2, 0.25) is 5.02 Å². The fraction of sp³-hybridized carbons (Fsp3) is 0.375. The summed E-state index contributed by atoms with van der Waals surface area (Å²) < 4.78 is 1.97. The normalized spacial score (nSPS) is 15.0. The van der Waals surface area contributed by atoms with Gasteiger partial charge in [0.05, 0.1) is 0 Å². The molecule has 0 radical (unpaired) electrons. The second-order valence-corrected chi connectivity index (χ2v) is 7.95. The molecule has 3 N–H and O–H groups in total. The van der Waals surface area contributed by atoms with E-state index in [1.165, 1.54) is 16.8 Å². The number of carbonyl (C=O) groups is 2. The van der Waals surface area contributed by atoms with Crippen LogP contribution >= 0.6 is 11.6 Å². The molecule has 3 rings (SSSR count). The number of benzene rings is 1. The largest absolute Gasteiger partial charge is 0.478 e. The maximum atomic E-state index is 12.1. The second kappa shape index (κ2) is 12.8. The number of pyridine rings is 1. The number of carboxylic acid groups (broad SMARTS) is 2. The number of nitrogens with zero attached hydrogens (tertiary/aromatic N) is 1. The van der Waals surface area contributed by atoms with E-state index in [0.717, 1.165) is 50.2 Å². The Labute approximate surface area is 192 Å². The lowest BCUT2D eigenvalue weighted by Gasteiger charge is -2.28. The lowest BCUT2D eigenvalue weighted by atomic mass is 9.90. The summed E-state index contributed by atoms with van der Waals surface area (Å²) in [5.41, 5.74) is 3.97. The quantitative estimate of drug-likeness (QED) is 0.516. The molecular weight excluding hydrogens is 432 g/mol. The Hall–Kier alpha value is -2.90. The first-order valence-corrected chi connectivity index (χ1v) is 11.0. The van der Waals surface area contributed by atoms with Gasteiger partial charge in [-0.2, -0.15) is 0 Å². The van der Waals surface area contributed by atoms with Gasteiger partial charge in [-0.25, -0.2) is 9.59 Å². The van der Waals surface area contributed by atoms with Crippen molar-refractivity contribution >= 4 is 23.5 Å². The summed E-state index contributed by atoms with van der Waals surface area (Å²) in [4.78, 5) is 31.3. The third-order valence-electron chi connectivity index (χ3n) is 5.15. The SMILES string of the molecule is CCCn1c2c(ccc1=O)C(NCCc1ccc(Cl)cc1)CCC2.O=C(O)/C=C/C(=O)O. The zero-order valence-electron chi connectivity index (χ0n) is 18.1. The summed E-state index contributed by atoms with van der Waals surface area (Å²) in [6, 6.07) is 12.2. The van der Waals surface area contributed by atoms with Crippen LogP contribution in [0.1, 0.15) is 49.0 Å². The molecule has 1 aromatic heterocycles. The number of carboxylic acids is 2. The van der Waals surface area contributed by atoms with Crippen LogP contribution < -0.4 is 10.9 Å². The molecule has 0 amide bonds. The van der Waals surface area contributed by atoms with Crippen LogP contribution in [0.25, 0.3) is 0 Å².